The molecular formula is C41H44B2. The summed E-state index contributed by atoms with van der Waals surface area (Å²) in [5.41, 5.74) is 25.3. The molecule has 0 amide bonds. The van der Waals surface area contributed by atoms with Crippen molar-refractivity contribution in [3.05, 3.63) is 140 Å². The predicted octanol–water partition coefficient (Wildman–Crippen LogP) is 5.71. The van der Waals surface area contributed by atoms with Crippen molar-refractivity contribution in [1.29, 1.82) is 0 Å². The van der Waals surface area contributed by atoms with E-state index in [1.807, 2.05) is 0 Å². The van der Waals surface area contributed by atoms with Crippen molar-refractivity contribution in [1.82, 2.24) is 0 Å². The standard InChI is InChI=1S/C41H44B2/c1-24-15-28(5)38(29(6)16-24)42(39-30(7)17-25(2)18-31(39)8)36-11-13-37(14-12-36)43-40-32(9)19-26(3)21-34(40)23-35-22-27(4)20-33(10)41(35)43/h11-22H,23H2,1-10H3. The van der Waals surface area contributed by atoms with Crippen LogP contribution in [0.25, 0.3) is 0 Å². The van der Waals surface area contributed by atoms with Crippen LogP contribution >= 0.6 is 0 Å². The Balaban J connectivity index is 1.56. The Bertz CT molecular complexity index is 1730. The molecule has 1 aliphatic heterocycles. The first-order chi connectivity index (χ1) is 20.4. The zero-order valence-corrected chi connectivity index (χ0v) is 27.8. The lowest BCUT2D eigenvalue weighted by Crippen LogP contribution is -2.59. The number of rotatable bonds is 4. The molecule has 0 aliphatic carbocycles. The number of fused-ring (bicyclic) bond motifs is 2. The summed E-state index contributed by atoms with van der Waals surface area (Å²) >= 11 is 0. The molecule has 5 aromatic carbocycles. The smallest absolute Gasteiger partial charge is 0.0687 e. The zero-order valence-electron chi connectivity index (χ0n) is 27.8. The summed E-state index contributed by atoms with van der Waals surface area (Å²) in [5.74, 6) is 0. The SMILES string of the molecule is Cc1cc(C)c(B(c2ccc(B3c4c(C)cc(C)cc4Cc4cc(C)cc(C)c43)cc2)c2c(C)cc(C)cc2C)c(C)c1. The summed E-state index contributed by atoms with van der Waals surface area (Å²) in [4.78, 5) is 0. The zero-order chi connectivity index (χ0) is 30.7. The molecule has 0 nitrogen and oxygen atoms in total. The van der Waals surface area contributed by atoms with E-state index in [1.54, 1.807) is 0 Å². The molecular weight excluding hydrogens is 514 g/mol. The minimum atomic E-state index is 0.190. The second-order valence-corrected chi connectivity index (χ2v) is 13.6. The molecule has 0 atom stereocenters. The van der Waals surface area contributed by atoms with Crippen LogP contribution in [0.15, 0.2) is 72.8 Å². The van der Waals surface area contributed by atoms with E-state index in [-0.39, 0.29) is 13.4 Å². The Kier molecular flexibility index (Phi) is 7.54. The largest absolute Gasteiger partial charge is 0.242 e. The molecule has 0 saturated carbocycles. The molecule has 5 aromatic rings. The predicted molar refractivity (Wildman–Crippen MR) is 192 cm³/mol. The number of benzene rings is 5. The van der Waals surface area contributed by atoms with Gasteiger partial charge in [0.25, 0.3) is 0 Å². The lowest BCUT2D eigenvalue weighted by atomic mass is 9.31. The second kappa shape index (κ2) is 11.1. The molecule has 0 N–H and O–H groups in total. The van der Waals surface area contributed by atoms with Gasteiger partial charge < -0.3 is 0 Å². The van der Waals surface area contributed by atoms with E-state index >= 15 is 0 Å². The molecule has 0 saturated heterocycles. The molecule has 6 rings (SSSR count). The van der Waals surface area contributed by atoms with Gasteiger partial charge in [-0.1, -0.05) is 161 Å². The van der Waals surface area contributed by atoms with Crippen molar-refractivity contribution in [3.8, 4) is 0 Å². The van der Waals surface area contributed by atoms with E-state index in [4.69, 9.17) is 0 Å². The summed E-state index contributed by atoms with van der Waals surface area (Å²) in [6.45, 7) is 23.1. The fraction of sp³-hybridized carbons (Fsp3) is 0.268. The topological polar surface area (TPSA) is 0 Å². The highest BCUT2D eigenvalue weighted by molar-refractivity contribution is 6.98. The van der Waals surface area contributed by atoms with Crippen molar-refractivity contribution < 1.29 is 0 Å². The molecule has 0 unspecified atom stereocenters. The molecule has 43 heavy (non-hydrogen) atoms. The summed E-state index contributed by atoms with van der Waals surface area (Å²) in [6.07, 6.45) is 1.02. The molecule has 1 aliphatic rings. The maximum absolute atomic E-state index is 2.43. The van der Waals surface area contributed by atoms with E-state index in [1.165, 1.54) is 99.5 Å². The van der Waals surface area contributed by atoms with Gasteiger partial charge in [-0.3, -0.25) is 0 Å². The van der Waals surface area contributed by atoms with E-state index < -0.39 is 0 Å². The maximum Gasteiger partial charge on any atom is 0.242 e. The summed E-state index contributed by atoms with van der Waals surface area (Å²) < 4.78 is 0. The third-order valence-electron chi connectivity index (χ3n) is 9.85. The Hall–Kier alpha value is -3.77. The van der Waals surface area contributed by atoms with E-state index in [9.17, 15) is 0 Å². The monoisotopic (exact) mass is 558 g/mol. The van der Waals surface area contributed by atoms with Crippen LogP contribution in [0.1, 0.15) is 66.8 Å². The number of hydrogen-bond acceptors (Lipinski definition) is 0. The summed E-state index contributed by atoms with van der Waals surface area (Å²) in [6, 6.07) is 28.7. The first-order valence-electron chi connectivity index (χ1n) is 15.9. The van der Waals surface area contributed by atoms with Gasteiger partial charge in [-0.05, 0) is 86.8 Å². The first-order valence-corrected chi connectivity index (χ1v) is 15.9. The normalized spacial score (nSPS) is 12.3. The molecule has 0 radical (unpaired) electrons. The molecule has 0 spiro atoms. The first kappa shape index (κ1) is 29.3. The summed E-state index contributed by atoms with van der Waals surface area (Å²) in [5, 5.41) is 0. The van der Waals surface area contributed by atoms with Gasteiger partial charge >= 0.3 is 0 Å². The van der Waals surface area contributed by atoms with Crippen LogP contribution in [0.3, 0.4) is 0 Å². The molecule has 2 heteroatoms. The van der Waals surface area contributed by atoms with Gasteiger partial charge in [0.15, 0.2) is 0 Å². The van der Waals surface area contributed by atoms with Crippen LogP contribution in [-0.4, -0.2) is 13.4 Å². The molecule has 1 heterocycles. The Morgan fingerprint density at radius 1 is 0.442 bits per heavy atom. The van der Waals surface area contributed by atoms with Crippen LogP contribution in [0.5, 0.6) is 0 Å². The summed E-state index contributed by atoms with van der Waals surface area (Å²) in [7, 11) is 0. The molecule has 0 fully saturated rings. The van der Waals surface area contributed by atoms with Crippen molar-refractivity contribution in [2.45, 2.75) is 75.7 Å². The molecule has 0 bridgehead atoms. The van der Waals surface area contributed by atoms with E-state index in [0.717, 1.165) is 6.42 Å². The van der Waals surface area contributed by atoms with Crippen LogP contribution in [-0.2, 0) is 6.42 Å². The van der Waals surface area contributed by atoms with Gasteiger partial charge in [-0.25, -0.2) is 0 Å². The highest BCUT2D eigenvalue weighted by atomic mass is 14.2. The van der Waals surface area contributed by atoms with Crippen molar-refractivity contribution >= 4 is 46.2 Å². The lowest BCUT2D eigenvalue weighted by Gasteiger charge is -2.31. The third kappa shape index (κ3) is 5.20. The van der Waals surface area contributed by atoms with Gasteiger partial charge in [0.05, 0.1) is 0 Å². The average Bonchev–Trinajstić information content (AvgIpc) is 2.90. The Morgan fingerprint density at radius 2 is 0.791 bits per heavy atom. The maximum atomic E-state index is 2.43. The van der Waals surface area contributed by atoms with Crippen LogP contribution in [0.4, 0.5) is 0 Å². The minimum absolute atomic E-state index is 0.190. The minimum Gasteiger partial charge on any atom is -0.0687 e. The van der Waals surface area contributed by atoms with E-state index in [2.05, 4.69) is 142 Å². The van der Waals surface area contributed by atoms with Gasteiger partial charge in [0.2, 0.25) is 13.4 Å². The van der Waals surface area contributed by atoms with Gasteiger partial charge in [0.1, 0.15) is 0 Å². The molecule has 0 aromatic heterocycles. The van der Waals surface area contributed by atoms with Crippen LogP contribution in [0, 0.1) is 69.2 Å². The van der Waals surface area contributed by atoms with Crippen molar-refractivity contribution in [2.24, 2.45) is 0 Å². The Labute approximate surface area is 260 Å². The van der Waals surface area contributed by atoms with Crippen molar-refractivity contribution in [3.63, 3.8) is 0 Å². The quantitative estimate of drug-likeness (QED) is 0.244. The fourth-order valence-corrected chi connectivity index (χ4v) is 8.59. The highest BCUT2D eigenvalue weighted by Crippen LogP contribution is 2.21. The second-order valence-electron chi connectivity index (χ2n) is 13.6. The number of aryl methyl sites for hydroxylation is 10. The Morgan fingerprint density at radius 3 is 1.19 bits per heavy atom. The van der Waals surface area contributed by atoms with Gasteiger partial charge in [-0.2, -0.15) is 0 Å². The van der Waals surface area contributed by atoms with Crippen molar-refractivity contribution in [2.75, 3.05) is 0 Å². The highest BCUT2D eigenvalue weighted by Gasteiger charge is 2.34. The molecule has 214 valence electrons. The lowest BCUT2D eigenvalue weighted by molar-refractivity contribution is 1.16. The van der Waals surface area contributed by atoms with Crippen LogP contribution < -0.4 is 32.8 Å². The number of hydrogen-bond donors (Lipinski definition) is 0. The van der Waals surface area contributed by atoms with E-state index in [0.29, 0.717) is 0 Å². The van der Waals surface area contributed by atoms with Crippen LogP contribution in [0.2, 0.25) is 0 Å². The fourth-order valence-electron chi connectivity index (χ4n) is 8.59. The average molecular weight is 558 g/mol. The van der Waals surface area contributed by atoms with Gasteiger partial charge in [0, 0.05) is 0 Å². The van der Waals surface area contributed by atoms with Gasteiger partial charge in [-0.15, -0.1) is 0 Å². The third-order valence-corrected chi connectivity index (χ3v) is 9.85.